The van der Waals surface area contributed by atoms with Crippen molar-refractivity contribution in [3.05, 3.63) is 0 Å². The molecule has 2 aliphatic rings. The Balaban J connectivity index is 1.70. The summed E-state index contributed by atoms with van der Waals surface area (Å²) in [6.45, 7) is 4.05. The number of carbonyl (C=O) groups is 1. The molecule has 5 heteroatoms. The van der Waals surface area contributed by atoms with Crippen LogP contribution >= 0.6 is 23.5 Å². The van der Waals surface area contributed by atoms with Crippen molar-refractivity contribution in [2.75, 3.05) is 30.3 Å². The number of carbonyl (C=O) groups excluding carboxylic acids is 1. The highest BCUT2D eigenvalue weighted by molar-refractivity contribution is 8.06. The molecule has 3 unspecified atom stereocenters. The molecule has 3 atom stereocenters. The second kappa shape index (κ2) is 7.65. The Morgan fingerprint density at radius 2 is 2.33 bits per heavy atom. The Kier molecular flexibility index (Phi) is 6.18. The van der Waals surface area contributed by atoms with Gasteiger partial charge in [0.2, 0.25) is 5.91 Å². The lowest BCUT2D eigenvalue weighted by molar-refractivity contribution is -0.124. The molecule has 2 heterocycles. The van der Waals surface area contributed by atoms with E-state index in [-0.39, 0.29) is 11.9 Å². The highest BCUT2D eigenvalue weighted by Crippen LogP contribution is 2.23. The first-order chi connectivity index (χ1) is 8.79. The number of thioether (sulfide) groups is 2. The summed E-state index contributed by atoms with van der Waals surface area (Å²) in [7, 11) is 0. The second-order valence-electron chi connectivity index (χ2n) is 5.12. The molecule has 1 amide bonds. The lowest BCUT2D eigenvalue weighted by Gasteiger charge is -2.29. The van der Waals surface area contributed by atoms with Crippen LogP contribution in [-0.4, -0.2) is 47.5 Å². The third kappa shape index (κ3) is 4.35. The molecule has 2 aliphatic heterocycles. The number of amides is 1. The molecule has 0 spiro atoms. The van der Waals surface area contributed by atoms with Gasteiger partial charge in [0.25, 0.3) is 0 Å². The van der Waals surface area contributed by atoms with Gasteiger partial charge in [0.15, 0.2) is 0 Å². The van der Waals surface area contributed by atoms with Gasteiger partial charge in [0.05, 0.1) is 6.04 Å². The zero-order valence-electron chi connectivity index (χ0n) is 11.1. The van der Waals surface area contributed by atoms with E-state index in [1.54, 1.807) is 0 Å². The number of rotatable bonds is 4. The summed E-state index contributed by atoms with van der Waals surface area (Å²) < 4.78 is 0. The van der Waals surface area contributed by atoms with Crippen molar-refractivity contribution in [1.29, 1.82) is 0 Å². The predicted molar refractivity (Wildman–Crippen MR) is 81.4 cm³/mol. The highest BCUT2D eigenvalue weighted by Gasteiger charge is 2.26. The van der Waals surface area contributed by atoms with Crippen LogP contribution in [0, 0.1) is 5.92 Å². The number of hydrogen-bond acceptors (Lipinski definition) is 4. The van der Waals surface area contributed by atoms with Gasteiger partial charge in [-0.3, -0.25) is 4.79 Å². The lowest BCUT2D eigenvalue weighted by Crippen LogP contribution is -2.50. The van der Waals surface area contributed by atoms with Crippen LogP contribution in [0.4, 0.5) is 0 Å². The topological polar surface area (TPSA) is 41.1 Å². The molecule has 2 rings (SSSR count). The quantitative estimate of drug-likeness (QED) is 0.827. The first-order valence-corrected chi connectivity index (χ1v) is 9.20. The minimum absolute atomic E-state index is 0.0462. The zero-order valence-corrected chi connectivity index (χ0v) is 12.7. The standard InChI is InChI=1S/C13H24N2OS2/c1-2-10-3-4-14-12(7-10)13(16)15-8-11-9-17-5-6-18-11/h10-12,14H,2-9H2,1H3,(H,15,16). The molecule has 2 saturated heterocycles. The first kappa shape index (κ1) is 14.5. The summed E-state index contributed by atoms with van der Waals surface area (Å²) in [6.07, 6.45) is 3.42. The van der Waals surface area contributed by atoms with Crippen molar-refractivity contribution in [1.82, 2.24) is 10.6 Å². The van der Waals surface area contributed by atoms with Gasteiger partial charge in [0.1, 0.15) is 0 Å². The van der Waals surface area contributed by atoms with Gasteiger partial charge in [-0.15, -0.1) is 0 Å². The largest absolute Gasteiger partial charge is 0.354 e. The Bertz CT molecular complexity index is 270. The van der Waals surface area contributed by atoms with Gasteiger partial charge >= 0.3 is 0 Å². The fraction of sp³-hybridized carbons (Fsp3) is 0.923. The van der Waals surface area contributed by atoms with E-state index in [0.717, 1.165) is 25.4 Å². The molecule has 0 saturated carbocycles. The van der Waals surface area contributed by atoms with E-state index in [9.17, 15) is 4.79 Å². The number of hydrogen-bond donors (Lipinski definition) is 2. The maximum absolute atomic E-state index is 12.1. The van der Waals surface area contributed by atoms with E-state index in [1.165, 1.54) is 30.1 Å². The molecule has 3 nitrogen and oxygen atoms in total. The van der Waals surface area contributed by atoms with Gasteiger partial charge in [-0.2, -0.15) is 23.5 Å². The normalized spacial score (nSPS) is 33.1. The summed E-state index contributed by atoms with van der Waals surface area (Å²) in [4.78, 5) is 12.1. The summed E-state index contributed by atoms with van der Waals surface area (Å²) in [5, 5.41) is 7.09. The van der Waals surface area contributed by atoms with Crippen LogP contribution in [0.25, 0.3) is 0 Å². The smallest absolute Gasteiger partial charge is 0.237 e. The van der Waals surface area contributed by atoms with Gasteiger partial charge < -0.3 is 10.6 Å². The zero-order chi connectivity index (χ0) is 12.8. The SMILES string of the molecule is CCC1CCNC(C(=O)NCC2CSCCS2)C1. The fourth-order valence-electron chi connectivity index (χ4n) is 2.56. The van der Waals surface area contributed by atoms with E-state index >= 15 is 0 Å². The molecule has 0 aliphatic carbocycles. The summed E-state index contributed by atoms with van der Waals surface area (Å²) in [5.41, 5.74) is 0. The Morgan fingerprint density at radius 3 is 3.06 bits per heavy atom. The van der Waals surface area contributed by atoms with Crippen molar-refractivity contribution in [2.24, 2.45) is 5.92 Å². The molecule has 0 radical (unpaired) electrons. The van der Waals surface area contributed by atoms with Gasteiger partial charge in [-0.05, 0) is 25.3 Å². The van der Waals surface area contributed by atoms with Crippen LogP contribution in [0.1, 0.15) is 26.2 Å². The average molecular weight is 288 g/mol. The first-order valence-electron chi connectivity index (χ1n) is 7.00. The molecule has 0 aromatic heterocycles. The van der Waals surface area contributed by atoms with Crippen molar-refractivity contribution in [3.8, 4) is 0 Å². The summed E-state index contributed by atoms with van der Waals surface area (Å²) in [5.74, 6) is 4.61. The van der Waals surface area contributed by atoms with Crippen LogP contribution in [0.5, 0.6) is 0 Å². The Labute approximate surface area is 119 Å². The lowest BCUT2D eigenvalue weighted by atomic mass is 9.90. The maximum atomic E-state index is 12.1. The number of piperidine rings is 1. The fourth-order valence-corrected chi connectivity index (χ4v) is 5.17. The third-order valence-electron chi connectivity index (χ3n) is 3.80. The molecule has 2 N–H and O–H groups in total. The monoisotopic (exact) mass is 288 g/mol. The molecule has 104 valence electrons. The van der Waals surface area contributed by atoms with Crippen molar-refractivity contribution in [2.45, 2.75) is 37.5 Å². The molecule has 0 bridgehead atoms. The Morgan fingerprint density at radius 1 is 1.44 bits per heavy atom. The van der Waals surface area contributed by atoms with Crippen LogP contribution < -0.4 is 10.6 Å². The third-order valence-corrected chi connectivity index (χ3v) is 6.64. The van der Waals surface area contributed by atoms with Crippen LogP contribution in [-0.2, 0) is 4.79 Å². The van der Waals surface area contributed by atoms with E-state index in [0.29, 0.717) is 5.25 Å². The molecule has 2 fully saturated rings. The van der Waals surface area contributed by atoms with Crippen LogP contribution in [0.3, 0.4) is 0 Å². The van der Waals surface area contributed by atoms with E-state index in [4.69, 9.17) is 0 Å². The van der Waals surface area contributed by atoms with E-state index in [1.807, 2.05) is 23.5 Å². The van der Waals surface area contributed by atoms with Crippen LogP contribution in [0.2, 0.25) is 0 Å². The molecular formula is C13H24N2OS2. The minimum Gasteiger partial charge on any atom is -0.354 e. The second-order valence-corrected chi connectivity index (χ2v) is 7.68. The van der Waals surface area contributed by atoms with Gasteiger partial charge in [0, 0.05) is 29.1 Å². The van der Waals surface area contributed by atoms with Crippen LogP contribution in [0.15, 0.2) is 0 Å². The van der Waals surface area contributed by atoms with E-state index < -0.39 is 0 Å². The Hall–Kier alpha value is 0.130. The highest BCUT2D eigenvalue weighted by atomic mass is 32.2. The summed E-state index contributed by atoms with van der Waals surface area (Å²) in [6, 6.07) is 0.0462. The molecule has 0 aromatic carbocycles. The summed E-state index contributed by atoms with van der Waals surface area (Å²) >= 11 is 4.01. The number of nitrogens with one attached hydrogen (secondary N) is 2. The molecule has 0 aromatic rings. The molecular weight excluding hydrogens is 264 g/mol. The molecule has 18 heavy (non-hydrogen) atoms. The van der Waals surface area contributed by atoms with Gasteiger partial charge in [-0.1, -0.05) is 13.3 Å². The van der Waals surface area contributed by atoms with Crippen molar-refractivity contribution >= 4 is 29.4 Å². The maximum Gasteiger partial charge on any atom is 0.237 e. The average Bonchev–Trinajstić information content (AvgIpc) is 2.46. The van der Waals surface area contributed by atoms with Gasteiger partial charge in [-0.25, -0.2) is 0 Å². The van der Waals surface area contributed by atoms with Crippen molar-refractivity contribution in [3.63, 3.8) is 0 Å². The van der Waals surface area contributed by atoms with Crippen molar-refractivity contribution < 1.29 is 4.79 Å². The minimum atomic E-state index is 0.0462. The van der Waals surface area contributed by atoms with E-state index in [2.05, 4.69) is 17.6 Å². The predicted octanol–water partition coefficient (Wildman–Crippen LogP) is 1.73.